The fourth-order valence-corrected chi connectivity index (χ4v) is 3.30. The summed E-state index contributed by atoms with van der Waals surface area (Å²) in [5.41, 5.74) is 2.67. The normalized spacial score (nSPS) is 23.9. The van der Waals surface area contributed by atoms with Crippen molar-refractivity contribution >= 4 is 0 Å². The zero-order chi connectivity index (χ0) is 13.5. The van der Waals surface area contributed by atoms with Crippen LogP contribution in [0.15, 0.2) is 36.7 Å². The highest BCUT2D eigenvalue weighted by molar-refractivity contribution is 5.27. The van der Waals surface area contributed by atoms with E-state index in [2.05, 4.69) is 31.2 Å². The molecule has 1 heteroatoms. The van der Waals surface area contributed by atoms with Crippen LogP contribution in [0.1, 0.15) is 62.5 Å². The van der Waals surface area contributed by atoms with Gasteiger partial charge < -0.3 is 0 Å². The number of rotatable bonds is 5. The molecule has 1 aliphatic rings. The van der Waals surface area contributed by atoms with E-state index < -0.39 is 0 Å². The smallest absolute Gasteiger partial charge is 0.0830 e. The predicted octanol–water partition coefficient (Wildman–Crippen LogP) is 5.79. The monoisotopic (exact) mass is 260 g/mol. The Labute approximate surface area is 116 Å². The van der Waals surface area contributed by atoms with E-state index in [9.17, 15) is 4.39 Å². The number of hydrogen-bond donors (Lipinski definition) is 0. The molecule has 0 N–H and O–H groups in total. The maximum atomic E-state index is 12.0. The van der Waals surface area contributed by atoms with Crippen LogP contribution in [0.5, 0.6) is 0 Å². The number of hydrogen-bond acceptors (Lipinski definition) is 0. The number of halogens is 1. The van der Waals surface area contributed by atoms with Crippen LogP contribution in [-0.4, -0.2) is 0 Å². The molecule has 0 aliphatic heterocycles. The van der Waals surface area contributed by atoms with Gasteiger partial charge in [-0.25, -0.2) is 4.39 Å². The molecule has 0 nitrogen and oxygen atoms in total. The maximum Gasteiger partial charge on any atom is 0.0830 e. The minimum atomic E-state index is 0.628. The summed E-state index contributed by atoms with van der Waals surface area (Å²) in [6, 6.07) is 8.78. The second-order valence-electron chi connectivity index (χ2n) is 5.81. The van der Waals surface area contributed by atoms with Crippen molar-refractivity contribution in [2.45, 2.75) is 57.8 Å². The van der Waals surface area contributed by atoms with Gasteiger partial charge in [-0.3, -0.25) is 0 Å². The van der Waals surface area contributed by atoms with Crippen molar-refractivity contribution in [2.75, 3.05) is 0 Å². The third-order valence-corrected chi connectivity index (χ3v) is 4.44. The Balaban J connectivity index is 1.89. The molecule has 0 unspecified atom stereocenters. The third kappa shape index (κ3) is 4.19. The molecule has 0 atom stereocenters. The van der Waals surface area contributed by atoms with Crippen molar-refractivity contribution in [3.05, 3.63) is 47.8 Å². The highest BCUT2D eigenvalue weighted by Gasteiger charge is 2.21. The van der Waals surface area contributed by atoms with E-state index in [-0.39, 0.29) is 0 Å². The lowest BCUT2D eigenvalue weighted by molar-refractivity contribution is 0.308. The molecule has 19 heavy (non-hydrogen) atoms. The van der Waals surface area contributed by atoms with Crippen LogP contribution in [0.4, 0.5) is 4.39 Å². The SMILES string of the molecule is CCC[C@H]1CC[C@H](c2ccc(CC=CF)cc2)CC1. The van der Waals surface area contributed by atoms with Gasteiger partial charge in [-0.2, -0.15) is 0 Å². The van der Waals surface area contributed by atoms with Gasteiger partial charge in [-0.1, -0.05) is 50.1 Å². The maximum absolute atomic E-state index is 12.0. The molecule has 104 valence electrons. The van der Waals surface area contributed by atoms with Crippen molar-refractivity contribution in [3.63, 3.8) is 0 Å². The minimum absolute atomic E-state index is 0.628. The van der Waals surface area contributed by atoms with Crippen LogP contribution < -0.4 is 0 Å². The molecule has 0 aromatic heterocycles. The standard InChI is InChI=1S/C18H25F/c1-2-4-15-6-10-17(11-7-15)18-12-8-16(9-13-18)5-3-14-19/h3,8-9,12-15,17H,2,4-7,10-11H2,1H3/t15-,17-. The lowest BCUT2D eigenvalue weighted by Gasteiger charge is -2.28. The largest absolute Gasteiger partial charge is 0.216 e. The van der Waals surface area contributed by atoms with E-state index in [0.29, 0.717) is 12.8 Å². The summed E-state index contributed by atoms with van der Waals surface area (Å²) in [6.45, 7) is 2.29. The lowest BCUT2D eigenvalue weighted by Crippen LogP contribution is -2.13. The van der Waals surface area contributed by atoms with Gasteiger partial charge >= 0.3 is 0 Å². The van der Waals surface area contributed by atoms with Gasteiger partial charge in [0.15, 0.2) is 0 Å². The highest BCUT2D eigenvalue weighted by atomic mass is 19.1. The summed E-state index contributed by atoms with van der Waals surface area (Å²) >= 11 is 0. The van der Waals surface area contributed by atoms with E-state index in [1.54, 1.807) is 6.08 Å². The molecule has 0 radical (unpaired) electrons. The predicted molar refractivity (Wildman–Crippen MR) is 80.0 cm³/mol. The van der Waals surface area contributed by atoms with Gasteiger partial charge in [-0.05, 0) is 55.1 Å². The van der Waals surface area contributed by atoms with Crippen molar-refractivity contribution < 1.29 is 4.39 Å². The fourth-order valence-electron chi connectivity index (χ4n) is 3.30. The second-order valence-corrected chi connectivity index (χ2v) is 5.81. The molecular formula is C18H25F. The van der Waals surface area contributed by atoms with Crippen LogP contribution in [0.25, 0.3) is 0 Å². The summed E-state index contributed by atoms with van der Waals surface area (Å²) in [7, 11) is 0. The number of allylic oxidation sites excluding steroid dienone is 1. The second kappa shape index (κ2) is 7.47. The van der Waals surface area contributed by atoms with Crippen molar-refractivity contribution in [2.24, 2.45) is 5.92 Å². The molecular weight excluding hydrogens is 235 g/mol. The lowest BCUT2D eigenvalue weighted by atomic mass is 9.77. The molecule has 1 aliphatic carbocycles. The molecule has 1 aromatic rings. The van der Waals surface area contributed by atoms with E-state index >= 15 is 0 Å². The molecule has 2 rings (SSSR count). The fraction of sp³-hybridized carbons (Fsp3) is 0.556. The Morgan fingerprint density at radius 2 is 1.79 bits per heavy atom. The number of benzene rings is 1. The van der Waals surface area contributed by atoms with Crippen LogP contribution in [0.2, 0.25) is 0 Å². The zero-order valence-corrected chi connectivity index (χ0v) is 11.9. The van der Waals surface area contributed by atoms with Gasteiger partial charge in [0.2, 0.25) is 0 Å². The first-order valence-electron chi connectivity index (χ1n) is 7.67. The first-order valence-corrected chi connectivity index (χ1v) is 7.67. The zero-order valence-electron chi connectivity index (χ0n) is 11.9. The molecule has 1 saturated carbocycles. The van der Waals surface area contributed by atoms with Gasteiger partial charge in [0.25, 0.3) is 0 Å². The summed E-state index contributed by atoms with van der Waals surface area (Å²) in [5.74, 6) is 1.72. The van der Waals surface area contributed by atoms with Crippen molar-refractivity contribution in [1.82, 2.24) is 0 Å². The minimum Gasteiger partial charge on any atom is -0.216 e. The quantitative estimate of drug-likeness (QED) is 0.629. The van der Waals surface area contributed by atoms with Gasteiger partial charge in [-0.15, -0.1) is 0 Å². The molecule has 1 aromatic carbocycles. The summed E-state index contributed by atoms with van der Waals surface area (Å²) in [6.07, 6.45) is 11.1. The molecule has 1 fully saturated rings. The molecule has 0 amide bonds. The van der Waals surface area contributed by atoms with Gasteiger partial charge in [0.05, 0.1) is 6.33 Å². The van der Waals surface area contributed by atoms with E-state index in [0.717, 1.165) is 11.8 Å². The highest BCUT2D eigenvalue weighted by Crippen LogP contribution is 2.37. The Bertz CT molecular complexity index is 383. The summed E-state index contributed by atoms with van der Waals surface area (Å²) < 4.78 is 12.0. The molecule has 0 saturated heterocycles. The average Bonchev–Trinajstić information content (AvgIpc) is 2.47. The van der Waals surface area contributed by atoms with E-state index in [1.165, 1.54) is 49.7 Å². The molecule has 0 spiro atoms. The van der Waals surface area contributed by atoms with Crippen molar-refractivity contribution in [1.29, 1.82) is 0 Å². The molecule has 0 bridgehead atoms. The Morgan fingerprint density at radius 1 is 1.11 bits per heavy atom. The molecule has 0 heterocycles. The average molecular weight is 260 g/mol. The van der Waals surface area contributed by atoms with E-state index in [1.807, 2.05) is 0 Å². The van der Waals surface area contributed by atoms with Crippen LogP contribution in [0, 0.1) is 5.92 Å². The van der Waals surface area contributed by atoms with Crippen LogP contribution in [0.3, 0.4) is 0 Å². The Kier molecular flexibility index (Phi) is 5.62. The van der Waals surface area contributed by atoms with Crippen molar-refractivity contribution in [3.8, 4) is 0 Å². The summed E-state index contributed by atoms with van der Waals surface area (Å²) in [5, 5.41) is 0. The first kappa shape index (κ1) is 14.3. The first-order chi connectivity index (χ1) is 9.33. The van der Waals surface area contributed by atoms with Crippen LogP contribution >= 0.6 is 0 Å². The Morgan fingerprint density at radius 3 is 2.37 bits per heavy atom. The Hall–Kier alpha value is -1.11. The van der Waals surface area contributed by atoms with E-state index in [4.69, 9.17) is 0 Å². The van der Waals surface area contributed by atoms with Gasteiger partial charge in [0.1, 0.15) is 0 Å². The third-order valence-electron chi connectivity index (χ3n) is 4.44. The van der Waals surface area contributed by atoms with Gasteiger partial charge in [0, 0.05) is 0 Å². The summed E-state index contributed by atoms with van der Waals surface area (Å²) in [4.78, 5) is 0. The van der Waals surface area contributed by atoms with Crippen LogP contribution in [-0.2, 0) is 6.42 Å². The topological polar surface area (TPSA) is 0 Å².